The van der Waals surface area contributed by atoms with Crippen LogP contribution in [0.15, 0.2) is 28.7 Å². The van der Waals surface area contributed by atoms with Gasteiger partial charge >= 0.3 is 12.0 Å². The third-order valence-electron chi connectivity index (χ3n) is 4.44. The molecule has 2 N–H and O–H groups in total. The van der Waals surface area contributed by atoms with Crippen LogP contribution in [-0.4, -0.2) is 41.6 Å². The van der Waals surface area contributed by atoms with Crippen LogP contribution in [0, 0.1) is 5.92 Å². The van der Waals surface area contributed by atoms with Crippen molar-refractivity contribution in [2.24, 2.45) is 5.92 Å². The molecule has 1 saturated heterocycles. The standard InChI is InChI=1S/C17H23BrN2O3/c1-17(2,13-3-5-14(18)6-4-13)11-19-16(23)20-9-7-12(8-10-20)15(21)22/h3-6,12H,7-11H2,1-2H3,(H,19,23)(H,21,22). The molecule has 0 radical (unpaired) electrons. The molecule has 23 heavy (non-hydrogen) atoms. The Morgan fingerprint density at radius 3 is 2.35 bits per heavy atom. The summed E-state index contributed by atoms with van der Waals surface area (Å²) in [6.45, 7) is 5.72. The van der Waals surface area contributed by atoms with Crippen molar-refractivity contribution in [3.05, 3.63) is 34.3 Å². The second-order valence-electron chi connectivity index (χ2n) is 6.65. The number of carbonyl (C=O) groups excluding carboxylic acids is 1. The Labute approximate surface area is 145 Å². The fraction of sp³-hybridized carbons (Fsp3) is 0.529. The number of aliphatic carboxylic acids is 1. The Balaban J connectivity index is 1.86. The van der Waals surface area contributed by atoms with Gasteiger partial charge in [0, 0.05) is 29.5 Å². The second kappa shape index (κ2) is 7.34. The number of hydrogen-bond donors (Lipinski definition) is 2. The molecule has 1 heterocycles. The zero-order valence-electron chi connectivity index (χ0n) is 13.5. The van der Waals surface area contributed by atoms with Gasteiger partial charge in [0.1, 0.15) is 0 Å². The summed E-state index contributed by atoms with van der Waals surface area (Å²) in [4.78, 5) is 24.9. The fourth-order valence-electron chi connectivity index (χ4n) is 2.74. The molecular formula is C17H23BrN2O3. The summed E-state index contributed by atoms with van der Waals surface area (Å²) in [6, 6.07) is 7.98. The highest BCUT2D eigenvalue weighted by Crippen LogP contribution is 2.24. The SMILES string of the molecule is CC(C)(CNC(=O)N1CCC(C(=O)O)CC1)c1ccc(Br)cc1. The van der Waals surface area contributed by atoms with Gasteiger partial charge in [0.05, 0.1) is 5.92 Å². The Kier molecular flexibility index (Phi) is 5.68. The minimum Gasteiger partial charge on any atom is -0.481 e. The van der Waals surface area contributed by atoms with E-state index < -0.39 is 5.97 Å². The smallest absolute Gasteiger partial charge is 0.317 e. The van der Waals surface area contributed by atoms with Crippen LogP contribution in [0.25, 0.3) is 0 Å². The lowest BCUT2D eigenvalue weighted by Crippen LogP contribution is -2.48. The number of piperidine rings is 1. The number of carbonyl (C=O) groups is 2. The zero-order valence-corrected chi connectivity index (χ0v) is 15.1. The van der Waals surface area contributed by atoms with Crippen molar-refractivity contribution in [3.63, 3.8) is 0 Å². The molecule has 0 aromatic heterocycles. The molecule has 0 spiro atoms. The predicted molar refractivity (Wildman–Crippen MR) is 92.5 cm³/mol. The maximum Gasteiger partial charge on any atom is 0.317 e. The monoisotopic (exact) mass is 382 g/mol. The first kappa shape index (κ1) is 17.8. The van der Waals surface area contributed by atoms with E-state index in [2.05, 4.69) is 47.2 Å². The maximum atomic E-state index is 12.3. The topological polar surface area (TPSA) is 69.6 Å². The number of rotatable bonds is 4. The molecule has 1 aliphatic heterocycles. The van der Waals surface area contributed by atoms with E-state index in [1.165, 1.54) is 0 Å². The van der Waals surface area contributed by atoms with Gasteiger partial charge in [-0.3, -0.25) is 4.79 Å². The summed E-state index contributed by atoms with van der Waals surface area (Å²) in [5, 5.41) is 12.0. The van der Waals surface area contributed by atoms with Crippen molar-refractivity contribution in [2.75, 3.05) is 19.6 Å². The van der Waals surface area contributed by atoms with Gasteiger partial charge in [-0.05, 0) is 30.5 Å². The number of carboxylic acid groups (broad SMARTS) is 1. The van der Waals surface area contributed by atoms with Crippen LogP contribution in [0.1, 0.15) is 32.3 Å². The van der Waals surface area contributed by atoms with Gasteiger partial charge in [0.15, 0.2) is 0 Å². The van der Waals surface area contributed by atoms with Gasteiger partial charge in [0.2, 0.25) is 0 Å². The summed E-state index contributed by atoms with van der Waals surface area (Å²) in [5.41, 5.74) is 0.987. The van der Waals surface area contributed by atoms with Crippen LogP contribution >= 0.6 is 15.9 Å². The highest BCUT2D eigenvalue weighted by Gasteiger charge is 2.28. The van der Waals surface area contributed by atoms with E-state index in [1.807, 2.05) is 12.1 Å². The second-order valence-corrected chi connectivity index (χ2v) is 7.56. The number of likely N-dealkylation sites (tertiary alicyclic amines) is 1. The quantitative estimate of drug-likeness (QED) is 0.839. The molecule has 0 saturated carbocycles. The normalized spacial score (nSPS) is 16.2. The summed E-state index contributed by atoms with van der Waals surface area (Å²) in [6.07, 6.45) is 1.05. The predicted octanol–water partition coefficient (Wildman–Crippen LogP) is 3.23. The Hall–Kier alpha value is -1.56. The van der Waals surface area contributed by atoms with Crippen LogP contribution in [0.5, 0.6) is 0 Å². The van der Waals surface area contributed by atoms with Gasteiger partial charge < -0.3 is 15.3 Å². The first-order valence-electron chi connectivity index (χ1n) is 7.81. The Morgan fingerprint density at radius 2 is 1.83 bits per heavy atom. The molecule has 1 aliphatic rings. The first-order valence-corrected chi connectivity index (χ1v) is 8.60. The van der Waals surface area contributed by atoms with Gasteiger partial charge in [-0.2, -0.15) is 0 Å². The van der Waals surface area contributed by atoms with Crippen LogP contribution < -0.4 is 5.32 Å². The van der Waals surface area contributed by atoms with E-state index in [0.717, 1.165) is 10.0 Å². The van der Waals surface area contributed by atoms with E-state index in [9.17, 15) is 9.59 Å². The lowest BCUT2D eigenvalue weighted by molar-refractivity contribution is -0.143. The molecule has 0 unspecified atom stereocenters. The van der Waals surface area contributed by atoms with Crippen molar-refractivity contribution >= 4 is 27.9 Å². The van der Waals surface area contributed by atoms with Crippen molar-refractivity contribution in [3.8, 4) is 0 Å². The van der Waals surface area contributed by atoms with Crippen molar-refractivity contribution in [1.82, 2.24) is 10.2 Å². The molecular weight excluding hydrogens is 360 g/mol. The van der Waals surface area contributed by atoms with Gasteiger partial charge in [0.25, 0.3) is 0 Å². The highest BCUT2D eigenvalue weighted by atomic mass is 79.9. The van der Waals surface area contributed by atoms with Crippen LogP contribution in [0.4, 0.5) is 4.79 Å². The molecule has 2 rings (SSSR count). The lowest BCUT2D eigenvalue weighted by atomic mass is 9.85. The van der Waals surface area contributed by atoms with Crippen molar-refractivity contribution < 1.29 is 14.7 Å². The van der Waals surface area contributed by atoms with Gasteiger partial charge in [-0.1, -0.05) is 41.9 Å². The molecule has 0 aliphatic carbocycles. The number of urea groups is 1. The average Bonchev–Trinajstić information content (AvgIpc) is 2.53. The third kappa shape index (κ3) is 4.70. The van der Waals surface area contributed by atoms with E-state index in [4.69, 9.17) is 5.11 Å². The number of carboxylic acids is 1. The minimum atomic E-state index is -0.763. The van der Waals surface area contributed by atoms with Crippen LogP contribution in [0.3, 0.4) is 0 Å². The Morgan fingerprint density at radius 1 is 1.26 bits per heavy atom. The first-order chi connectivity index (χ1) is 10.8. The molecule has 2 amide bonds. The summed E-state index contributed by atoms with van der Waals surface area (Å²) in [7, 11) is 0. The number of nitrogens with one attached hydrogen (secondary N) is 1. The number of nitrogens with zero attached hydrogens (tertiary/aromatic N) is 1. The molecule has 0 bridgehead atoms. The van der Waals surface area contributed by atoms with E-state index in [0.29, 0.717) is 32.5 Å². The largest absolute Gasteiger partial charge is 0.481 e. The summed E-state index contributed by atoms with van der Waals surface area (Å²) in [5.74, 6) is -1.08. The fourth-order valence-corrected chi connectivity index (χ4v) is 3.01. The van der Waals surface area contributed by atoms with Crippen molar-refractivity contribution in [1.29, 1.82) is 0 Å². The molecule has 6 heteroatoms. The maximum absolute atomic E-state index is 12.3. The van der Waals surface area contributed by atoms with Crippen LogP contribution in [-0.2, 0) is 10.2 Å². The molecule has 1 fully saturated rings. The molecule has 1 aromatic carbocycles. The van der Waals surface area contributed by atoms with E-state index in [1.54, 1.807) is 4.90 Å². The lowest BCUT2D eigenvalue weighted by Gasteiger charge is -2.32. The molecule has 0 atom stereocenters. The number of halogens is 1. The van der Waals surface area contributed by atoms with Crippen LogP contribution in [0.2, 0.25) is 0 Å². The third-order valence-corrected chi connectivity index (χ3v) is 4.97. The number of benzene rings is 1. The molecule has 126 valence electrons. The average molecular weight is 383 g/mol. The van der Waals surface area contributed by atoms with Gasteiger partial charge in [-0.15, -0.1) is 0 Å². The van der Waals surface area contributed by atoms with E-state index in [-0.39, 0.29) is 17.4 Å². The van der Waals surface area contributed by atoms with E-state index >= 15 is 0 Å². The number of hydrogen-bond acceptors (Lipinski definition) is 2. The molecule has 1 aromatic rings. The Bertz CT molecular complexity index is 564. The zero-order chi connectivity index (χ0) is 17.0. The van der Waals surface area contributed by atoms with Crippen molar-refractivity contribution in [2.45, 2.75) is 32.1 Å². The molecule has 5 nitrogen and oxygen atoms in total. The highest BCUT2D eigenvalue weighted by molar-refractivity contribution is 9.10. The summed E-state index contributed by atoms with van der Waals surface area (Å²) >= 11 is 3.42. The van der Waals surface area contributed by atoms with Gasteiger partial charge in [-0.25, -0.2) is 4.79 Å². The summed E-state index contributed by atoms with van der Waals surface area (Å²) < 4.78 is 1.03. The number of amides is 2. The minimum absolute atomic E-state index is 0.112.